The van der Waals surface area contributed by atoms with Crippen LogP contribution in [-0.2, 0) is 11.3 Å². The van der Waals surface area contributed by atoms with Gasteiger partial charge in [0, 0.05) is 19.6 Å². The van der Waals surface area contributed by atoms with Gasteiger partial charge in [0.2, 0.25) is 0 Å². The van der Waals surface area contributed by atoms with Crippen molar-refractivity contribution >= 4 is 17.7 Å². The summed E-state index contributed by atoms with van der Waals surface area (Å²) >= 11 is 5.81. The molecule has 0 saturated heterocycles. The zero-order valence-electron chi connectivity index (χ0n) is 12.0. The van der Waals surface area contributed by atoms with E-state index in [2.05, 4.69) is 10.6 Å². The minimum absolute atomic E-state index is 0.0713. The molecule has 1 rings (SSSR count). The van der Waals surface area contributed by atoms with Crippen molar-refractivity contribution in [2.45, 2.75) is 32.9 Å². The Hall–Kier alpha value is -1.46. The number of amides is 1. The van der Waals surface area contributed by atoms with Crippen LogP contribution in [0.5, 0.6) is 5.75 Å². The number of nitrogens with one attached hydrogen (secondary N) is 2. The van der Waals surface area contributed by atoms with Crippen LogP contribution < -0.4 is 10.6 Å². The van der Waals surface area contributed by atoms with E-state index < -0.39 is 11.7 Å². The van der Waals surface area contributed by atoms with Crippen LogP contribution in [-0.4, -0.2) is 29.9 Å². The summed E-state index contributed by atoms with van der Waals surface area (Å²) in [4.78, 5) is 11.4. The molecule has 0 unspecified atom stereocenters. The Kier molecular flexibility index (Phi) is 6.10. The summed E-state index contributed by atoms with van der Waals surface area (Å²) in [6.07, 6.45) is -0.424. The molecule has 0 fully saturated rings. The third-order valence-corrected chi connectivity index (χ3v) is 2.61. The lowest BCUT2D eigenvalue weighted by Gasteiger charge is -2.19. The highest BCUT2D eigenvalue weighted by molar-refractivity contribution is 6.32. The molecule has 0 aliphatic rings. The van der Waals surface area contributed by atoms with Crippen LogP contribution in [0.1, 0.15) is 26.3 Å². The molecule has 112 valence electrons. The van der Waals surface area contributed by atoms with E-state index in [1.54, 1.807) is 18.2 Å². The van der Waals surface area contributed by atoms with Crippen molar-refractivity contribution in [3.8, 4) is 5.75 Å². The van der Waals surface area contributed by atoms with Crippen molar-refractivity contribution in [2.75, 3.05) is 13.1 Å². The van der Waals surface area contributed by atoms with Gasteiger partial charge in [-0.1, -0.05) is 17.7 Å². The smallest absolute Gasteiger partial charge is 0.407 e. The maximum absolute atomic E-state index is 11.4. The first-order valence-corrected chi connectivity index (χ1v) is 6.81. The lowest BCUT2D eigenvalue weighted by Crippen LogP contribution is -2.36. The van der Waals surface area contributed by atoms with Gasteiger partial charge in [0.25, 0.3) is 0 Å². The number of phenolic OH excluding ortho intramolecular Hbond substituents is 1. The summed E-state index contributed by atoms with van der Waals surface area (Å²) in [6.45, 7) is 7.15. The van der Waals surface area contributed by atoms with Crippen LogP contribution in [0.3, 0.4) is 0 Å². The van der Waals surface area contributed by atoms with Crippen molar-refractivity contribution in [2.24, 2.45) is 0 Å². The maximum atomic E-state index is 11.4. The Morgan fingerprint density at radius 3 is 2.65 bits per heavy atom. The molecule has 5 nitrogen and oxygen atoms in total. The fraction of sp³-hybridized carbons (Fsp3) is 0.500. The quantitative estimate of drug-likeness (QED) is 0.731. The predicted octanol–water partition coefficient (Wildman–Crippen LogP) is 2.66. The predicted molar refractivity (Wildman–Crippen MR) is 79.1 cm³/mol. The van der Waals surface area contributed by atoms with E-state index in [-0.39, 0.29) is 5.75 Å². The van der Waals surface area contributed by atoms with Crippen molar-refractivity contribution in [3.05, 3.63) is 28.8 Å². The van der Waals surface area contributed by atoms with Crippen LogP contribution in [0.15, 0.2) is 18.2 Å². The molecule has 6 heteroatoms. The van der Waals surface area contributed by atoms with E-state index >= 15 is 0 Å². The van der Waals surface area contributed by atoms with Crippen LogP contribution in [0.2, 0.25) is 5.02 Å². The zero-order valence-corrected chi connectivity index (χ0v) is 12.8. The SMILES string of the molecule is CC(C)(C)OC(=O)NCCNCc1ccc(O)c(Cl)c1. The topological polar surface area (TPSA) is 70.6 Å². The Labute approximate surface area is 124 Å². The van der Waals surface area contributed by atoms with Crippen LogP contribution in [0, 0.1) is 0 Å². The van der Waals surface area contributed by atoms with Gasteiger partial charge in [-0.2, -0.15) is 0 Å². The number of rotatable bonds is 5. The zero-order chi connectivity index (χ0) is 15.2. The van der Waals surface area contributed by atoms with Crippen molar-refractivity contribution < 1.29 is 14.6 Å². The Bertz CT molecular complexity index is 458. The van der Waals surface area contributed by atoms with E-state index in [0.717, 1.165) is 5.56 Å². The number of halogens is 1. The first-order valence-electron chi connectivity index (χ1n) is 6.43. The van der Waals surface area contributed by atoms with Gasteiger partial charge in [-0.3, -0.25) is 0 Å². The number of aromatic hydroxyl groups is 1. The summed E-state index contributed by atoms with van der Waals surface area (Å²) in [7, 11) is 0. The third-order valence-electron chi connectivity index (χ3n) is 2.31. The largest absolute Gasteiger partial charge is 0.506 e. The monoisotopic (exact) mass is 300 g/mol. The minimum Gasteiger partial charge on any atom is -0.506 e. The first kappa shape index (κ1) is 16.6. The van der Waals surface area contributed by atoms with E-state index in [9.17, 15) is 9.90 Å². The van der Waals surface area contributed by atoms with Crippen molar-refractivity contribution in [3.63, 3.8) is 0 Å². The van der Waals surface area contributed by atoms with Gasteiger partial charge >= 0.3 is 6.09 Å². The number of ether oxygens (including phenoxy) is 1. The highest BCUT2D eigenvalue weighted by atomic mass is 35.5. The number of alkyl carbamates (subject to hydrolysis) is 1. The molecular weight excluding hydrogens is 280 g/mol. The van der Waals surface area contributed by atoms with Gasteiger partial charge in [-0.15, -0.1) is 0 Å². The molecule has 0 radical (unpaired) electrons. The van der Waals surface area contributed by atoms with Crippen LogP contribution in [0.25, 0.3) is 0 Å². The number of carbonyl (C=O) groups excluding carboxylic acids is 1. The van der Waals surface area contributed by atoms with E-state index in [0.29, 0.717) is 24.7 Å². The van der Waals surface area contributed by atoms with Gasteiger partial charge in [0.1, 0.15) is 11.4 Å². The van der Waals surface area contributed by atoms with Gasteiger partial charge < -0.3 is 20.5 Å². The molecule has 0 bridgehead atoms. The van der Waals surface area contributed by atoms with Gasteiger partial charge in [0.05, 0.1) is 5.02 Å². The standard InChI is InChI=1S/C14H21ClN2O3/c1-14(2,3)20-13(19)17-7-6-16-9-10-4-5-12(18)11(15)8-10/h4-5,8,16,18H,6-7,9H2,1-3H3,(H,17,19). The Morgan fingerprint density at radius 2 is 2.05 bits per heavy atom. The van der Waals surface area contributed by atoms with Gasteiger partial charge in [0.15, 0.2) is 0 Å². The fourth-order valence-electron chi connectivity index (χ4n) is 1.46. The number of carbonyl (C=O) groups is 1. The van der Waals surface area contributed by atoms with Crippen molar-refractivity contribution in [1.29, 1.82) is 0 Å². The molecule has 0 aliphatic carbocycles. The fourth-order valence-corrected chi connectivity index (χ4v) is 1.66. The Morgan fingerprint density at radius 1 is 1.35 bits per heavy atom. The molecule has 1 amide bonds. The normalized spacial score (nSPS) is 11.2. The van der Waals surface area contributed by atoms with E-state index in [4.69, 9.17) is 16.3 Å². The lowest BCUT2D eigenvalue weighted by atomic mass is 10.2. The number of hydrogen-bond acceptors (Lipinski definition) is 4. The average Bonchev–Trinajstić information content (AvgIpc) is 2.31. The second kappa shape index (κ2) is 7.36. The summed E-state index contributed by atoms with van der Waals surface area (Å²) < 4.78 is 5.11. The molecule has 0 atom stereocenters. The second-order valence-electron chi connectivity index (χ2n) is 5.39. The lowest BCUT2D eigenvalue weighted by molar-refractivity contribution is 0.0528. The molecule has 0 heterocycles. The molecule has 0 aliphatic heterocycles. The molecule has 3 N–H and O–H groups in total. The van der Waals surface area contributed by atoms with E-state index in [1.807, 2.05) is 20.8 Å². The van der Waals surface area contributed by atoms with Gasteiger partial charge in [-0.05, 0) is 38.5 Å². The molecular formula is C14H21ClN2O3. The van der Waals surface area contributed by atoms with Crippen LogP contribution in [0.4, 0.5) is 4.79 Å². The number of hydrogen-bond donors (Lipinski definition) is 3. The maximum Gasteiger partial charge on any atom is 0.407 e. The first-order chi connectivity index (χ1) is 9.28. The van der Waals surface area contributed by atoms with E-state index in [1.165, 1.54) is 0 Å². The summed E-state index contributed by atoms with van der Waals surface area (Å²) in [6, 6.07) is 5.04. The molecule has 0 saturated carbocycles. The van der Waals surface area contributed by atoms with Gasteiger partial charge in [-0.25, -0.2) is 4.79 Å². The highest BCUT2D eigenvalue weighted by Crippen LogP contribution is 2.23. The summed E-state index contributed by atoms with van der Waals surface area (Å²) in [5.74, 6) is 0.0713. The third kappa shape index (κ3) is 6.63. The summed E-state index contributed by atoms with van der Waals surface area (Å²) in [5, 5.41) is 15.4. The second-order valence-corrected chi connectivity index (χ2v) is 5.80. The minimum atomic E-state index is -0.486. The molecule has 0 spiro atoms. The number of phenols is 1. The average molecular weight is 301 g/mol. The number of benzene rings is 1. The Balaban J connectivity index is 2.19. The molecule has 1 aromatic rings. The molecule has 0 aromatic heterocycles. The van der Waals surface area contributed by atoms with Crippen molar-refractivity contribution in [1.82, 2.24) is 10.6 Å². The molecule has 1 aromatic carbocycles. The highest BCUT2D eigenvalue weighted by Gasteiger charge is 2.15. The van der Waals surface area contributed by atoms with Crippen LogP contribution >= 0.6 is 11.6 Å². The summed E-state index contributed by atoms with van der Waals surface area (Å²) in [5.41, 5.74) is 0.477. The molecule has 20 heavy (non-hydrogen) atoms.